The third-order valence-electron chi connectivity index (χ3n) is 4.12. The third kappa shape index (κ3) is 4.38. The van der Waals surface area contributed by atoms with E-state index >= 15 is 0 Å². The lowest BCUT2D eigenvalue weighted by atomic mass is 10.3. The summed E-state index contributed by atoms with van der Waals surface area (Å²) in [6.07, 6.45) is 1.78. The standard InChI is InChI=1S/C17H19BrN4O2S/c1-20(17(24)14-3-2-10-25-14)12-16(23)22-8-6-21(7-9-22)15-5-4-13(18)11-19-15/h2-5,10-11H,6-9,12H2,1H3. The molecule has 1 saturated heterocycles. The summed E-state index contributed by atoms with van der Waals surface area (Å²) in [5, 5.41) is 1.86. The topological polar surface area (TPSA) is 56.8 Å². The number of halogens is 1. The van der Waals surface area contributed by atoms with Crippen LogP contribution >= 0.6 is 27.3 Å². The van der Waals surface area contributed by atoms with Crippen LogP contribution in [0.1, 0.15) is 9.67 Å². The Hall–Kier alpha value is -1.93. The Morgan fingerprint density at radius 3 is 2.60 bits per heavy atom. The van der Waals surface area contributed by atoms with Crippen LogP contribution in [0, 0.1) is 0 Å². The summed E-state index contributed by atoms with van der Waals surface area (Å²) in [6, 6.07) is 7.54. The molecule has 0 N–H and O–H groups in total. The summed E-state index contributed by atoms with van der Waals surface area (Å²) in [4.78, 5) is 35.2. The molecule has 25 heavy (non-hydrogen) atoms. The van der Waals surface area contributed by atoms with Gasteiger partial charge in [-0.2, -0.15) is 0 Å². The number of anilines is 1. The van der Waals surface area contributed by atoms with E-state index in [1.165, 1.54) is 16.2 Å². The molecule has 0 spiro atoms. The van der Waals surface area contributed by atoms with Crippen LogP contribution in [-0.2, 0) is 4.79 Å². The minimum Gasteiger partial charge on any atom is -0.353 e. The van der Waals surface area contributed by atoms with Gasteiger partial charge in [-0.25, -0.2) is 4.98 Å². The molecule has 3 heterocycles. The Kier molecular flexibility index (Phi) is 5.70. The van der Waals surface area contributed by atoms with Crippen molar-refractivity contribution in [2.75, 3.05) is 44.7 Å². The number of hydrogen-bond acceptors (Lipinski definition) is 5. The van der Waals surface area contributed by atoms with Gasteiger partial charge < -0.3 is 14.7 Å². The number of rotatable bonds is 4. The van der Waals surface area contributed by atoms with Crippen LogP contribution in [0.5, 0.6) is 0 Å². The predicted octanol–water partition coefficient (Wildman–Crippen LogP) is 2.33. The van der Waals surface area contributed by atoms with Gasteiger partial charge in [-0.15, -0.1) is 11.3 Å². The average Bonchev–Trinajstić information content (AvgIpc) is 3.16. The zero-order chi connectivity index (χ0) is 17.8. The van der Waals surface area contributed by atoms with Crippen molar-refractivity contribution in [3.05, 3.63) is 45.2 Å². The summed E-state index contributed by atoms with van der Waals surface area (Å²) in [5.41, 5.74) is 0. The average molecular weight is 423 g/mol. The number of nitrogens with zero attached hydrogens (tertiary/aromatic N) is 4. The molecule has 1 aliphatic rings. The molecule has 0 unspecified atom stereocenters. The van der Waals surface area contributed by atoms with Gasteiger partial charge in [0, 0.05) is 43.9 Å². The molecule has 0 aliphatic carbocycles. The zero-order valence-electron chi connectivity index (χ0n) is 13.9. The van der Waals surface area contributed by atoms with E-state index < -0.39 is 0 Å². The highest BCUT2D eigenvalue weighted by Gasteiger charge is 2.24. The van der Waals surface area contributed by atoms with Crippen molar-refractivity contribution in [3.8, 4) is 0 Å². The maximum Gasteiger partial charge on any atom is 0.264 e. The molecule has 6 nitrogen and oxygen atoms in total. The van der Waals surface area contributed by atoms with Crippen LogP contribution in [0.2, 0.25) is 0 Å². The first kappa shape index (κ1) is 17.9. The maximum absolute atomic E-state index is 12.5. The van der Waals surface area contributed by atoms with E-state index in [0.717, 1.165) is 23.4 Å². The second-order valence-corrected chi connectivity index (χ2v) is 7.70. The van der Waals surface area contributed by atoms with Crippen LogP contribution < -0.4 is 4.90 Å². The number of likely N-dealkylation sites (N-methyl/N-ethyl adjacent to an activating group) is 1. The molecule has 2 aromatic heterocycles. The fourth-order valence-corrected chi connectivity index (χ4v) is 3.66. The molecule has 8 heteroatoms. The van der Waals surface area contributed by atoms with Crippen molar-refractivity contribution in [1.82, 2.24) is 14.8 Å². The highest BCUT2D eigenvalue weighted by molar-refractivity contribution is 9.10. The molecule has 3 rings (SSSR count). The van der Waals surface area contributed by atoms with Crippen LogP contribution in [0.4, 0.5) is 5.82 Å². The molecule has 0 saturated carbocycles. The Balaban J connectivity index is 1.51. The number of thiophene rings is 1. The number of amides is 2. The lowest BCUT2D eigenvalue weighted by Crippen LogP contribution is -2.51. The Morgan fingerprint density at radius 2 is 2.00 bits per heavy atom. The Bertz CT molecular complexity index is 728. The molecule has 0 bridgehead atoms. The van der Waals surface area contributed by atoms with Gasteiger partial charge in [-0.3, -0.25) is 9.59 Å². The summed E-state index contributed by atoms with van der Waals surface area (Å²) in [7, 11) is 1.67. The number of pyridine rings is 1. The highest BCUT2D eigenvalue weighted by Crippen LogP contribution is 2.17. The Labute approximate surface area is 159 Å². The van der Waals surface area contributed by atoms with Crippen molar-refractivity contribution in [2.45, 2.75) is 0 Å². The molecular weight excluding hydrogens is 404 g/mol. The molecule has 2 amide bonds. The smallest absolute Gasteiger partial charge is 0.264 e. The van der Waals surface area contributed by atoms with E-state index in [1.54, 1.807) is 19.3 Å². The molecule has 0 radical (unpaired) electrons. The number of hydrogen-bond donors (Lipinski definition) is 0. The second kappa shape index (κ2) is 7.97. The van der Waals surface area contributed by atoms with Gasteiger partial charge in [0.1, 0.15) is 5.82 Å². The van der Waals surface area contributed by atoms with Crippen LogP contribution in [0.3, 0.4) is 0 Å². The predicted molar refractivity (Wildman–Crippen MR) is 102 cm³/mol. The van der Waals surface area contributed by atoms with Gasteiger partial charge in [0.15, 0.2) is 0 Å². The van der Waals surface area contributed by atoms with Gasteiger partial charge in [0.2, 0.25) is 5.91 Å². The molecule has 1 fully saturated rings. The number of carbonyl (C=O) groups is 2. The molecule has 2 aromatic rings. The number of carbonyl (C=O) groups excluding carboxylic acids is 2. The highest BCUT2D eigenvalue weighted by atomic mass is 79.9. The van der Waals surface area contributed by atoms with Crippen molar-refractivity contribution >= 4 is 44.9 Å². The fraction of sp³-hybridized carbons (Fsp3) is 0.353. The molecule has 0 aromatic carbocycles. The van der Waals surface area contributed by atoms with E-state index in [0.29, 0.717) is 18.0 Å². The van der Waals surface area contributed by atoms with Crippen molar-refractivity contribution in [1.29, 1.82) is 0 Å². The van der Waals surface area contributed by atoms with Crippen LogP contribution in [0.15, 0.2) is 40.3 Å². The van der Waals surface area contributed by atoms with Gasteiger partial charge >= 0.3 is 0 Å². The van der Waals surface area contributed by atoms with Gasteiger partial charge in [0.25, 0.3) is 5.91 Å². The van der Waals surface area contributed by atoms with E-state index in [9.17, 15) is 9.59 Å². The molecular formula is C17H19BrN4O2S. The fourth-order valence-electron chi connectivity index (χ4n) is 2.70. The van der Waals surface area contributed by atoms with E-state index in [1.807, 2.05) is 28.5 Å². The third-order valence-corrected chi connectivity index (χ3v) is 5.45. The largest absolute Gasteiger partial charge is 0.353 e. The monoisotopic (exact) mass is 422 g/mol. The normalized spacial score (nSPS) is 14.5. The minimum atomic E-state index is -0.110. The SMILES string of the molecule is CN(CC(=O)N1CCN(c2ccc(Br)cn2)CC1)C(=O)c1cccs1. The number of piperazine rings is 1. The van der Waals surface area contributed by atoms with Crippen LogP contribution in [-0.4, -0.2) is 66.4 Å². The Morgan fingerprint density at radius 1 is 1.24 bits per heavy atom. The van der Waals surface area contributed by atoms with Gasteiger partial charge in [-0.05, 0) is 39.5 Å². The summed E-state index contributed by atoms with van der Waals surface area (Å²) >= 11 is 4.77. The molecule has 132 valence electrons. The molecule has 0 atom stereocenters. The van der Waals surface area contributed by atoms with E-state index in [-0.39, 0.29) is 18.4 Å². The maximum atomic E-state index is 12.5. The quantitative estimate of drug-likeness (QED) is 0.758. The van der Waals surface area contributed by atoms with Gasteiger partial charge in [0.05, 0.1) is 11.4 Å². The number of aromatic nitrogens is 1. The summed E-state index contributed by atoms with van der Waals surface area (Å²) < 4.78 is 0.948. The van der Waals surface area contributed by atoms with Crippen molar-refractivity contribution < 1.29 is 9.59 Å². The zero-order valence-corrected chi connectivity index (χ0v) is 16.3. The van der Waals surface area contributed by atoms with Crippen LogP contribution in [0.25, 0.3) is 0 Å². The van der Waals surface area contributed by atoms with E-state index in [2.05, 4.69) is 25.8 Å². The first-order valence-corrected chi connectivity index (χ1v) is 9.65. The lowest BCUT2D eigenvalue weighted by Gasteiger charge is -2.36. The van der Waals surface area contributed by atoms with Gasteiger partial charge in [-0.1, -0.05) is 6.07 Å². The first-order valence-electron chi connectivity index (χ1n) is 7.98. The second-order valence-electron chi connectivity index (χ2n) is 5.84. The first-order chi connectivity index (χ1) is 12.0. The summed E-state index contributed by atoms with van der Waals surface area (Å²) in [6.45, 7) is 2.86. The van der Waals surface area contributed by atoms with E-state index in [4.69, 9.17) is 0 Å². The van der Waals surface area contributed by atoms with Crippen molar-refractivity contribution in [2.24, 2.45) is 0 Å². The minimum absolute atomic E-state index is 0.0178. The van der Waals surface area contributed by atoms with Crippen molar-refractivity contribution in [3.63, 3.8) is 0 Å². The lowest BCUT2D eigenvalue weighted by molar-refractivity contribution is -0.131. The summed E-state index contributed by atoms with van der Waals surface area (Å²) in [5.74, 6) is 0.789. The molecule has 1 aliphatic heterocycles.